The zero-order valence-corrected chi connectivity index (χ0v) is 12.0. The number of aryl methyl sites for hydroxylation is 2. The molecule has 0 saturated carbocycles. The van der Waals surface area contributed by atoms with Gasteiger partial charge in [0.25, 0.3) is 5.91 Å². The van der Waals surface area contributed by atoms with Crippen molar-refractivity contribution in [2.45, 2.75) is 18.7 Å². The van der Waals surface area contributed by atoms with Crippen molar-refractivity contribution < 1.29 is 12.9 Å². The van der Waals surface area contributed by atoms with Gasteiger partial charge in [0.05, 0.1) is 4.90 Å². The van der Waals surface area contributed by atoms with E-state index in [1.165, 1.54) is 24.3 Å². The van der Waals surface area contributed by atoms with Crippen LogP contribution >= 0.6 is 0 Å². The fraction of sp³-hybridized carbons (Fsp3) is 0.133. The van der Waals surface area contributed by atoms with Crippen LogP contribution in [0.1, 0.15) is 21.5 Å². The van der Waals surface area contributed by atoms with Gasteiger partial charge in [-0.05, 0) is 38.1 Å². The van der Waals surface area contributed by atoms with E-state index in [1.807, 2.05) is 13.8 Å². The Bertz CT molecular complexity index is 742. The normalized spacial score (nSPS) is 13.6. The van der Waals surface area contributed by atoms with Gasteiger partial charge in [-0.1, -0.05) is 35.4 Å². The van der Waals surface area contributed by atoms with Gasteiger partial charge >= 0.3 is 0 Å². The van der Waals surface area contributed by atoms with E-state index in [2.05, 4.69) is 4.36 Å². The summed E-state index contributed by atoms with van der Waals surface area (Å²) in [6.07, 6.45) is 0. The maximum absolute atomic E-state index is 14.1. The van der Waals surface area contributed by atoms with Gasteiger partial charge in [-0.15, -0.1) is 8.25 Å². The Morgan fingerprint density at radius 1 is 0.950 bits per heavy atom. The molecule has 0 bridgehead atoms. The minimum Gasteiger partial charge on any atom is -0.266 e. The lowest BCUT2D eigenvalue weighted by Gasteiger charge is -2.01. The number of carbonyl (C=O) groups is 1. The molecule has 0 aromatic heterocycles. The van der Waals surface area contributed by atoms with Crippen molar-refractivity contribution in [3.8, 4) is 0 Å². The predicted octanol–water partition coefficient (Wildman–Crippen LogP) is 3.86. The van der Waals surface area contributed by atoms with Crippen molar-refractivity contribution in [2.24, 2.45) is 4.36 Å². The van der Waals surface area contributed by atoms with Crippen LogP contribution in [-0.4, -0.2) is 10.1 Å². The van der Waals surface area contributed by atoms with Gasteiger partial charge in [0.2, 0.25) is 10.1 Å². The van der Waals surface area contributed by atoms with Crippen LogP contribution in [0.5, 0.6) is 0 Å². The van der Waals surface area contributed by atoms with Crippen LogP contribution in [0.4, 0.5) is 3.89 Å². The topological polar surface area (TPSA) is 46.5 Å². The van der Waals surface area contributed by atoms with Crippen molar-refractivity contribution in [3.05, 3.63) is 65.2 Å². The van der Waals surface area contributed by atoms with Gasteiger partial charge in [-0.25, -0.2) is 4.21 Å². The van der Waals surface area contributed by atoms with Crippen LogP contribution in [0.3, 0.4) is 0 Å². The van der Waals surface area contributed by atoms with Crippen molar-refractivity contribution in [1.29, 1.82) is 0 Å². The molecule has 2 aromatic rings. The van der Waals surface area contributed by atoms with Crippen molar-refractivity contribution in [3.63, 3.8) is 0 Å². The number of hydrogen-bond acceptors (Lipinski definition) is 2. The van der Waals surface area contributed by atoms with Crippen LogP contribution < -0.4 is 0 Å². The van der Waals surface area contributed by atoms with Gasteiger partial charge < -0.3 is 0 Å². The molecule has 5 heteroatoms. The Hall–Kier alpha value is -2.01. The van der Waals surface area contributed by atoms with E-state index < -0.39 is 16.0 Å². The molecule has 3 nitrogen and oxygen atoms in total. The van der Waals surface area contributed by atoms with Crippen molar-refractivity contribution >= 4 is 16.0 Å². The smallest absolute Gasteiger partial charge is 0.266 e. The Morgan fingerprint density at radius 2 is 1.40 bits per heavy atom. The van der Waals surface area contributed by atoms with E-state index in [9.17, 15) is 12.9 Å². The highest BCUT2D eigenvalue weighted by atomic mass is 32.3. The van der Waals surface area contributed by atoms with E-state index in [-0.39, 0.29) is 10.5 Å². The van der Waals surface area contributed by atoms with E-state index in [4.69, 9.17) is 0 Å². The molecular formula is C15H14FNO2S. The summed E-state index contributed by atoms with van der Waals surface area (Å²) in [5, 5.41) is 0. The van der Waals surface area contributed by atoms with E-state index in [0.717, 1.165) is 11.1 Å². The molecule has 0 heterocycles. The molecule has 0 aliphatic heterocycles. The first-order chi connectivity index (χ1) is 9.38. The van der Waals surface area contributed by atoms with Crippen LogP contribution in [-0.2, 0) is 10.1 Å². The first-order valence-corrected chi connectivity index (χ1v) is 7.44. The lowest BCUT2D eigenvalue weighted by atomic mass is 10.1. The fourth-order valence-electron chi connectivity index (χ4n) is 1.61. The molecule has 1 amide bonds. The molecule has 20 heavy (non-hydrogen) atoms. The Morgan fingerprint density at radius 3 is 1.90 bits per heavy atom. The number of halogens is 1. The second-order valence-electron chi connectivity index (χ2n) is 4.53. The largest absolute Gasteiger partial charge is 0.287 e. The monoisotopic (exact) mass is 291 g/mol. The first kappa shape index (κ1) is 14.4. The highest BCUT2D eigenvalue weighted by molar-refractivity contribution is 7.89. The average Bonchev–Trinajstić information content (AvgIpc) is 2.39. The highest BCUT2D eigenvalue weighted by Crippen LogP contribution is 2.17. The summed E-state index contributed by atoms with van der Waals surface area (Å²) < 4.78 is 29.2. The molecule has 0 radical (unpaired) electrons. The van der Waals surface area contributed by atoms with E-state index in [1.54, 1.807) is 24.3 Å². The lowest BCUT2D eigenvalue weighted by molar-refractivity contribution is 0.100. The first-order valence-electron chi connectivity index (χ1n) is 6.03. The Kier molecular flexibility index (Phi) is 3.99. The molecule has 2 rings (SSSR count). The second kappa shape index (κ2) is 5.54. The summed E-state index contributed by atoms with van der Waals surface area (Å²) in [6, 6.07) is 12.5. The predicted molar refractivity (Wildman–Crippen MR) is 76.6 cm³/mol. The third-order valence-corrected chi connectivity index (χ3v) is 4.06. The quantitative estimate of drug-likeness (QED) is 0.789. The molecule has 0 spiro atoms. The number of nitrogens with zero attached hydrogens (tertiary/aromatic N) is 1. The molecule has 0 fully saturated rings. The summed E-state index contributed by atoms with van der Waals surface area (Å²) in [5.41, 5.74) is 2.10. The third-order valence-electron chi connectivity index (χ3n) is 2.81. The summed E-state index contributed by atoms with van der Waals surface area (Å²) in [5.74, 6) is -0.821. The number of rotatable bonds is 2. The van der Waals surface area contributed by atoms with Crippen molar-refractivity contribution in [1.82, 2.24) is 0 Å². The van der Waals surface area contributed by atoms with Crippen LogP contribution in [0, 0.1) is 13.8 Å². The maximum Gasteiger partial charge on any atom is 0.287 e. The number of amides is 1. The zero-order chi connectivity index (χ0) is 14.8. The summed E-state index contributed by atoms with van der Waals surface area (Å²) in [7, 11) is -4.21. The third kappa shape index (κ3) is 3.30. The van der Waals surface area contributed by atoms with E-state index >= 15 is 0 Å². The maximum atomic E-state index is 14.1. The minimum absolute atomic E-state index is 0.0939. The van der Waals surface area contributed by atoms with Gasteiger partial charge in [0.1, 0.15) is 0 Å². The highest BCUT2D eigenvalue weighted by Gasteiger charge is 2.14. The standard InChI is InChI=1S/C15H14FNO2S/c1-11-3-7-13(8-4-11)15(18)17-20(16,19)14-9-5-12(2)6-10-14/h3-10H,1-2H3. The number of benzene rings is 2. The average molecular weight is 291 g/mol. The van der Waals surface area contributed by atoms with E-state index in [0.29, 0.717) is 0 Å². The zero-order valence-electron chi connectivity index (χ0n) is 11.2. The molecule has 0 N–H and O–H groups in total. The van der Waals surface area contributed by atoms with Crippen LogP contribution in [0.15, 0.2) is 57.8 Å². The lowest BCUT2D eigenvalue weighted by Crippen LogP contribution is -2.01. The molecule has 0 aliphatic rings. The minimum atomic E-state index is -4.21. The van der Waals surface area contributed by atoms with Gasteiger partial charge in [-0.2, -0.15) is 0 Å². The molecule has 2 aromatic carbocycles. The van der Waals surface area contributed by atoms with Crippen LogP contribution in [0.2, 0.25) is 0 Å². The molecule has 0 saturated heterocycles. The molecule has 1 atom stereocenters. The second-order valence-corrected chi connectivity index (χ2v) is 6.10. The summed E-state index contributed by atoms with van der Waals surface area (Å²) in [4.78, 5) is 11.7. The summed E-state index contributed by atoms with van der Waals surface area (Å²) >= 11 is 0. The molecule has 104 valence electrons. The fourth-order valence-corrected chi connectivity index (χ4v) is 2.51. The van der Waals surface area contributed by atoms with Gasteiger partial charge in [0.15, 0.2) is 0 Å². The molecule has 0 aliphatic carbocycles. The van der Waals surface area contributed by atoms with Crippen LogP contribution in [0.25, 0.3) is 0 Å². The number of hydrogen-bond donors (Lipinski definition) is 0. The number of carbonyl (C=O) groups excluding carboxylic acids is 1. The van der Waals surface area contributed by atoms with Gasteiger partial charge in [0, 0.05) is 5.56 Å². The summed E-state index contributed by atoms with van der Waals surface area (Å²) in [6.45, 7) is 3.70. The molecule has 1 unspecified atom stereocenters. The Balaban J connectivity index is 2.37. The molecular weight excluding hydrogens is 277 g/mol. The Labute approximate surface area is 117 Å². The SMILES string of the molecule is Cc1ccc(C(=O)N=S(=O)(F)c2ccc(C)cc2)cc1. The van der Waals surface area contributed by atoms with Crippen molar-refractivity contribution in [2.75, 3.05) is 0 Å². The van der Waals surface area contributed by atoms with Gasteiger partial charge in [-0.3, -0.25) is 4.79 Å².